The summed E-state index contributed by atoms with van der Waals surface area (Å²) in [6.45, 7) is 2.66. The lowest BCUT2D eigenvalue weighted by Gasteiger charge is -2.34. The molecule has 1 saturated heterocycles. The highest BCUT2D eigenvalue weighted by Gasteiger charge is 2.68. The van der Waals surface area contributed by atoms with E-state index in [9.17, 15) is 9.00 Å². The first-order chi connectivity index (χ1) is 13.8. The van der Waals surface area contributed by atoms with Crippen molar-refractivity contribution in [1.29, 1.82) is 4.78 Å². The molecule has 152 valence electrons. The Balaban J connectivity index is 1.53. The summed E-state index contributed by atoms with van der Waals surface area (Å²) in [7, 11) is -3.35. The van der Waals surface area contributed by atoms with Crippen LogP contribution in [0.5, 0.6) is 5.75 Å². The predicted octanol–water partition coefficient (Wildman–Crippen LogP) is 2.81. The van der Waals surface area contributed by atoms with Gasteiger partial charge in [-0.1, -0.05) is 29.8 Å². The molecule has 2 aromatic rings. The number of nitrogens with one attached hydrogen (secondary N) is 1. The van der Waals surface area contributed by atoms with Gasteiger partial charge in [0.1, 0.15) is 21.7 Å². The van der Waals surface area contributed by atoms with Gasteiger partial charge >= 0.3 is 0 Å². The van der Waals surface area contributed by atoms with Crippen molar-refractivity contribution in [3.05, 3.63) is 59.2 Å². The summed E-state index contributed by atoms with van der Waals surface area (Å²) in [5, 5.41) is 0. The number of hydrogen-bond acceptors (Lipinski definition) is 4. The van der Waals surface area contributed by atoms with Crippen molar-refractivity contribution in [2.75, 3.05) is 6.61 Å². The van der Waals surface area contributed by atoms with Crippen molar-refractivity contribution >= 4 is 15.8 Å². The Morgan fingerprint density at radius 2 is 2.07 bits per heavy atom. The first-order valence-electron chi connectivity index (χ1n) is 10.0. The molecule has 0 bridgehead atoms. The van der Waals surface area contributed by atoms with Gasteiger partial charge in [0.05, 0.1) is 11.5 Å². The second-order valence-electron chi connectivity index (χ2n) is 8.54. The number of fused-ring (bicyclic) bond motifs is 2. The van der Waals surface area contributed by atoms with E-state index in [1.165, 1.54) is 5.56 Å². The smallest absolute Gasteiger partial charge is 0.235 e. The van der Waals surface area contributed by atoms with Crippen LogP contribution in [0.25, 0.3) is 0 Å². The first kappa shape index (κ1) is 18.6. The van der Waals surface area contributed by atoms with Crippen LogP contribution in [0.1, 0.15) is 29.5 Å². The summed E-state index contributed by atoms with van der Waals surface area (Å²) in [6, 6.07) is 12.7. The molecular formula is C22H25N3O3S. The number of aryl methyl sites for hydroxylation is 1. The average molecular weight is 412 g/mol. The van der Waals surface area contributed by atoms with Gasteiger partial charge in [-0.05, 0) is 61.4 Å². The molecule has 2 fully saturated rings. The summed E-state index contributed by atoms with van der Waals surface area (Å²) in [4.78, 5) is 12.6. The van der Waals surface area contributed by atoms with Gasteiger partial charge in [-0.15, -0.1) is 0 Å². The molecule has 1 aliphatic carbocycles. The Morgan fingerprint density at radius 1 is 1.31 bits per heavy atom. The van der Waals surface area contributed by atoms with Gasteiger partial charge in [-0.25, -0.2) is 8.99 Å². The van der Waals surface area contributed by atoms with E-state index in [0.29, 0.717) is 24.3 Å². The number of nitrogens with zero attached hydrogens (tertiary/aromatic N) is 1. The topological polar surface area (TPSA) is 96.5 Å². The van der Waals surface area contributed by atoms with Crippen LogP contribution in [-0.2, 0) is 27.6 Å². The molecule has 1 amide bonds. The summed E-state index contributed by atoms with van der Waals surface area (Å²) < 4.78 is 30.0. The summed E-state index contributed by atoms with van der Waals surface area (Å²) in [5.74, 6) is 0.643. The normalized spacial score (nSPS) is 29.6. The maximum atomic E-state index is 13.8. The largest absolute Gasteiger partial charge is 0.493 e. The summed E-state index contributed by atoms with van der Waals surface area (Å²) in [6.07, 6.45) is 2.96. The average Bonchev–Trinajstić information content (AvgIpc) is 3.02. The van der Waals surface area contributed by atoms with Crippen molar-refractivity contribution < 1.29 is 13.7 Å². The van der Waals surface area contributed by atoms with E-state index >= 15 is 0 Å². The minimum Gasteiger partial charge on any atom is -0.493 e. The SMILES string of the molecule is Cc1ccc(S(=N)(=O)N2C(C(N)=O)CC3CC32Cc2ccc3c(c2)OCC3)cc1. The van der Waals surface area contributed by atoms with E-state index in [-0.39, 0.29) is 5.92 Å². The molecule has 6 nitrogen and oxygen atoms in total. The molecule has 0 aromatic heterocycles. The van der Waals surface area contributed by atoms with Crippen molar-refractivity contribution in [1.82, 2.24) is 4.31 Å². The van der Waals surface area contributed by atoms with Crippen molar-refractivity contribution in [3.8, 4) is 5.75 Å². The van der Waals surface area contributed by atoms with Crippen LogP contribution in [-0.4, -0.2) is 32.6 Å². The highest BCUT2D eigenvalue weighted by atomic mass is 32.2. The molecule has 4 atom stereocenters. The Bertz CT molecular complexity index is 1100. The van der Waals surface area contributed by atoms with E-state index in [1.807, 2.05) is 19.1 Å². The van der Waals surface area contributed by atoms with E-state index in [2.05, 4.69) is 18.2 Å². The highest BCUT2D eigenvalue weighted by Crippen LogP contribution is 2.61. The lowest BCUT2D eigenvalue weighted by molar-refractivity contribution is -0.121. The van der Waals surface area contributed by atoms with Gasteiger partial charge in [0.15, 0.2) is 0 Å². The fraction of sp³-hybridized carbons (Fsp3) is 0.409. The lowest BCUT2D eigenvalue weighted by Crippen LogP contribution is -2.50. The lowest BCUT2D eigenvalue weighted by atomic mass is 10.0. The maximum absolute atomic E-state index is 13.8. The summed E-state index contributed by atoms with van der Waals surface area (Å²) in [5.41, 5.74) is 8.56. The van der Waals surface area contributed by atoms with Crippen LogP contribution < -0.4 is 10.5 Å². The number of carbonyl (C=O) groups excluding carboxylic acids is 1. The van der Waals surface area contributed by atoms with Crippen LogP contribution >= 0.6 is 0 Å². The van der Waals surface area contributed by atoms with Gasteiger partial charge in [0.2, 0.25) is 5.91 Å². The zero-order valence-corrected chi connectivity index (χ0v) is 17.2. The molecule has 3 aliphatic rings. The minimum absolute atomic E-state index is 0.228. The molecule has 4 unspecified atom stereocenters. The molecule has 0 radical (unpaired) electrons. The number of carbonyl (C=O) groups is 1. The molecule has 5 rings (SSSR count). The quantitative estimate of drug-likeness (QED) is 0.792. The molecule has 3 N–H and O–H groups in total. The number of amides is 1. The van der Waals surface area contributed by atoms with Crippen molar-refractivity contribution in [3.63, 3.8) is 0 Å². The van der Waals surface area contributed by atoms with Gasteiger partial charge in [-0.2, -0.15) is 4.31 Å². The number of primary amides is 1. The molecule has 7 heteroatoms. The van der Waals surface area contributed by atoms with Crippen molar-refractivity contribution in [2.45, 2.75) is 49.1 Å². The fourth-order valence-corrected chi connectivity index (χ4v) is 7.17. The number of benzene rings is 2. The van der Waals surface area contributed by atoms with E-state index in [0.717, 1.165) is 29.7 Å². The predicted molar refractivity (Wildman–Crippen MR) is 110 cm³/mol. The van der Waals surface area contributed by atoms with Crippen LogP contribution in [0.3, 0.4) is 0 Å². The molecule has 1 saturated carbocycles. The van der Waals surface area contributed by atoms with Crippen LogP contribution in [0.2, 0.25) is 0 Å². The maximum Gasteiger partial charge on any atom is 0.235 e. The molecule has 0 spiro atoms. The van der Waals surface area contributed by atoms with E-state index in [1.54, 1.807) is 16.4 Å². The zero-order chi connectivity index (χ0) is 20.4. The molecular weight excluding hydrogens is 386 g/mol. The first-order valence-corrected chi connectivity index (χ1v) is 11.5. The van der Waals surface area contributed by atoms with E-state index < -0.39 is 27.4 Å². The Morgan fingerprint density at radius 3 is 2.79 bits per heavy atom. The Kier molecular flexibility index (Phi) is 4.05. The van der Waals surface area contributed by atoms with Crippen LogP contribution in [0, 0.1) is 17.6 Å². The number of hydrogen-bond donors (Lipinski definition) is 2. The number of ether oxygens (including phenoxy) is 1. The van der Waals surface area contributed by atoms with Gasteiger partial charge in [0, 0.05) is 12.0 Å². The van der Waals surface area contributed by atoms with E-state index in [4.69, 9.17) is 15.3 Å². The Hall–Kier alpha value is -2.38. The molecule has 2 heterocycles. The van der Waals surface area contributed by atoms with Crippen molar-refractivity contribution in [2.24, 2.45) is 11.7 Å². The van der Waals surface area contributed by atoms with Crippen LogP contribution in [0.4, 0.5) is 0 Å². The highest BCUT2D eigenvalue weighted by molar-refractivity contribution is 7.90. The molecule has 2 aliphatic heterocycles. The number of piperidine rings is 1. The number of rotatable bonds is 5. The second-order valence-corrected chi connectivity index (χ2v) is 10.5. The molecule has 2 aromatic carbocycles. The minimum atomic E-state index is -3.35. The number of nitrogens with two attached hydrogens (primary N) is 1. The molecule has 29 heavy (non-hydrogen) atoms. The van der Waals surface area contributed by atoms with Crippen LogP contribution in [0.15, 0.2) is 47.4 Å². The third-order valence-corrected chi connectivity index (χ3v) is 8.73. The van der Waals surface area contributed by atoms with Gasteiger partial charge in [-0.3, -0.25) is 4.79 Å². The second kappa shape index (κ2) is 6.31. The fourth-order valence-electron chi connectivity index (χ4n) is 5.09. The monoisotopic (exact) mass is 411 g/mol. The van der Waals surface area contributed by atoms with Gasteiger partial charge < -0.3 is 10.5 Å². The van der Waals surface area contributed by atoms with Gasteiger partial charge in [0.25, 0.3) is 0 Å². The third-order valence-electron chi connectivity index (χ3n) is 6.65. The zero-order valence-electron chi connectivity index (χ0n) is 16.4. The standard InChI is InChI=1S/C22H25N3O3S/c1-14-2-6-18(7-3-14)29(24,27)25-19(21(23)26)11-17-13-22(17,25)12-15-4-5-16-8-9-28-20(16)10-15/h2-7,10,17,19,24H,8-9,11-13H2,1H3,(H2,23,26). The third kappa shape index (κ3) is 2.87. The Labute approximate surface area is 171 Å². The summed E-state index contributed by atoms with van der Waals surface area (Å²) >= 11 is 0.